The number of nitrogens with zero attached hydrogens (tertiary/aromatic N) is 1. The molecule has 0 spiro atoms. The molecule has 18 heavy (non-hydrogen) atoms. The molecule has 0 aliphatic carbocycles. The van der Waals surface area contributed by atoms with E-state index in [0.717, 1.165) is 11.1 Å². The Bertz CT molecular complexity index is 455. The lowest BCUT2D eigenvalue weighted by Crippen LogP contribution is -2.55. The maximum Gasteiger partial charge on any atom is 0.410 e. The molecule has 0 unspecified atom stereocenters. The molecule has 1 aliphatic heterocycles. The minimum absolute atomic E-state index is 0.169. The van der Waals surface area contributed by atoms with E-state index in [1.165, 1.54) is 4.90 Å². The van der Waals surface area contributed by atoms with Crippen molar-refractivity contribution in [1.82, 2.24) is 4.90 Å². The summed E-state index contributed by atoms with van der Waals surface area (Å²) in [6.45, 7) is 2.60. The number of carbonyl (C=O) groups is 2. The van der Waals surface area contributed by atoms with Crippen LogP contribution in [0.4, 0.5) is 4.79 Å². The Kier molecular flexibility index (Phi) is 3.50. The molecule has 2 rings (SSSR count). The molecule has 1 aliphatic rings. The van der Waals surface area contributed by atoms with Gasteiger partial charge in [0.25, 0.3) is 0 Å². The van der Waals surface area contributed by atoms with Gasteiger partial charge in [-0.1, -0.05) is 29.8 Å². The topological polar surface area (TPSA) is 66.8 Å². The summed E-state index contributed by atoms with van der Waals surface area (Å²) in [5.74, 6) is -0.978. The predicted molar refractivity (Wildman–Crippen MR) is 64.1 cm³/mol. The molecule has 5 heteroatoms. The highest BCUT2D eigenvalue weighted by molar-refractivity contribution is 5.81. The van der Waals surface area contributed by atoms with Crippen molar-refractivity contribution in [3.05, 3.63) is 35.4 Å². The molecule has 0 aromatic heterocycles. The highest BCUT2D eigenvalue weighted by atomic mass is 16.6. The third kappa shape index (κ3) is 2.61. The SMILES string of the molecule is Cc1ccc(COC(=O)N2CC[C@H]2C(=O)O)cc1. The van der Waals surface area contributed by atoms with E-state index < -0.39 is 18.1 Å². The van der Waals surface area contributed by atoms with Gasteiger partial charge in [0.15, 0.2) is 0 Å². The summed E-state index contributed by atoms with van der Waals surface area (Å²) in [5, 5.41) is 8.82. The van der Waals surface area contributed by atoms with Crippen LogP contribution in [0.2, 0.25) is 0 Å². The summed E-state index contributed by atoms with van der Waals surface area (Å²) in [7, 11) is 0. The van der Waals surface area contributed by atoms with Gasteiger partial charge in [-0.15, -0.1) is 0 Å². The number of carbonyl (C=O) groups excluding carboxylic acids is 1. The van der Waals surface area contributed by atoms with Gasteiger partial charge in [-0.2, -0.15) is 0 Å². The number of hydrogen-bond donors (Lipinski definition) is 1. The Balaban J connectivity index is 1.85. The van der Waals surface area contributed by atoms with Crippen LogP contribution in [0.3, 0.4) is 0 Å². The molecular formula is C13H15NO4. The van der Waals surface area contributed by atoms with E-state index in [-0.39, 0.29) is 6.61 Å². The number of carboxylic acids is 1. The minimum Gasteiger partial charge on any atom is -0.480 e. The van der Waals surface area contributed by atoms with Crippen LogP contribution in [0.1, 0.15) is 17.5 Å². The third-order valence-corrected chi connectivity index (χ3v) is 3.02. The van der Waals surface area contributed by atoms with Crippen LogP contribution in [0.25, 0.3) is 0 Å². The van der Waals surface area contributed by atoms with Crippen molar-refractivity contribution in [3.8, 4) is 0 Å². The summed E-state index contributed by atoms with van der Waals surface area (Å²) in [5.41, 5.74) is 2.03. The number of benzene rings is 1. The van der Waals surface area contributed by atoms with Gasteiger partial charge in [-0.05, 0) is 18.9 Å². The second-order valence-electron chi connectivity index (χ2n) is 4.38. The quantitative estimate of drug-likeness (QED) is 0.886. The van der Waals surface area contributed by atoms with Gasteiger partial charge < -0.3 is 9.84 Å². The van der Waals surface area contributed by atoms with Crippen molar-refractivity contribution in [1.29, 1.82) is 0 Å². The van der Waals surface area contributed by atoms with E-state index in [2.05, 4.69) is 0 Å². The fourth-order valence-electron chi connectivity index (χ4n) is 1.77. The Labute approximate surface area is 105 Å². The van der Waals surface area contributed by atoms with Crippen LogP contribution < -0.4 is 0 Å². The van der Waals surface area contributed by atoms with Crippen molar-refractivity contribution in [3.63, 3.8) is 0 Å². The Morgan fingerprint density at radius 1 is 1.39 bits per heavy atom. The fourth-order valence-corrected chi connectivity index (χ4v) is 1.77. The number of carboxylic acid groups (broad SMARTS) is 1. The smallest absolute Gasteiger partial charge is 0.410 e. The molecule has 1 saturated heterocycles. The van der Waals surface area contributed by atoms with Crippen LogP contribution >= 0.6 is 0 Å². The Hall–Kier alpha value is -2.04. The maximum absolute atomic E-state index is 11.6. The molecule has 96 valence electrons. The molecule has 1 aromatic carbocycles. The molecule has 1 fully saturated rings. The lowest BCUT2D eigenvalue weighted by atomic mass is 10.1. The molecule has 1 heterocycles. The second-order valence-corrected chi connectivity index (χ2v) is 4.38. The summed E-state index contributed by atoms with van der Waals surface area (Å²) < 4.78 is 5.08. The van der Waals surface area contributed by atoms with Crippen molar-refractivity contribution >= 4 is 12.1 Å². The first-order valence-corrected chi connectivity index (χ1v) is 5.79. The van der Waals surface area contributed by atoms with Crippen LogP contribution in [-0.2, 0) is 16.1 Å². The first-order valence-electron chi connectivity index (χ1n) is 5.79. The van der Waals surface area contributed by atoms with Gasteiger partial charge in [-0.25, -0.2) is 9.59 Å². The number of likely N-dealkylation sites (tertiary alicyclic amines) is 1. The number of rotatable bonds is 3. The summed E-state index contributed by atoms with van der Waals surface area (Å²) in [6.07, 6.45) is -0.0659. The zero-order chi connectivity index (χ0) is 13.1. The summed E-state index contributed by atoms with van der Waals surface area (Å²) in [6, 6.07) is 6.91. The fraction of sp³-hybridized carbons (Fsp3) is 0.385. The van der Waals surface area contributed by atoms with Gasteiger partial charge in [0, 0.05) is 6.54 Å². The molecule has 0 bridgehead atoms. The number of hydrogen-bond acceptors (Lipinski definition) is 3. The van der Waals surface area contributed by atoms with Gasteiger partial charge in [-0.3, -0.25) is 4.90 Å². The van der Waals surface area contributed by atoms with E-state index in [9.17, 15) is 9.59 Å². The normalized spacial score (nSPS) is 18.1. The van der Waals surface area contributed by atoms with E-state index >= 15 is 0 Å². The summed E-state index contributed by atoms with van der Waals surface area (Å²) >= 11 is 0. The molecule has 1 amide bonds. The average Bonchev–Trinajstić information content (AvgIpc) is 2.26. The Morgan fingerprint density at radius 3 is 2.56 bits per heavy atom. The predicted octanol–water partition coefficient (Wildman–Crippen LogP) is 1.79. The van der Waals surface area contributed by atoms with E-state index in [1.54, 1.807) is 0 Å². The molecule has 1 aromatic rings. The lowest BCUT2D eigenvalue weighted by molar-refractivity contribution is -0.146. The van der Waals surface area contributed by atoms with Gasteiger partial charge in [0.2, 0.25) is 0 Å². The molecule has 1 atom stereocenters. The number of aliphatic carboxylic acids is 1. The van der Waals surface area contributed by atoms with Crippen molar-refractivity contribution in [2.24, 2.45) is 0 Å². The van der Waals surface area contributed by atoms with Crippen LogP contribution in [0, 0.1) is 6.92 Å². The van der Waals surface area contributed by atoms with E-state index in [1.807, 2.05) is 31.2 Å². The standard InChI is InChI=1S/C13H15NO4/c1-9-2-4-10(5-3-9)8-18-13(17)14-7-6-11(14)12(15)16/h2-5,11H,6-8H2,1H3,(H,15,16)/t11-/m0/s1. The first-order chi connectivity index (χ1) is 8.58. The maximum atomic E-state index is 11.6. The van der Waals surface area contributed by atoms with Crippen LogP contribution in [0.5, 0.6) is 0 Å². The number of aryl methyl sites for hydroxylation is 1. The van der Waals surface area contributed by atoms with Crippen molar-refractivity contribution < 1.29 is 19.4 Å². The number of amides is 1. The molecule has 0 saturated carbocycles. The lowest BCUT2D eigenvalue weighted by Gasteiger charge is -2.36. The zero-order valence-corrected chi connectivity index (χ0v) is 10.1. The monoisotopic (exact) mass is 249 g/mol. The van der Waals surface area contributed by atoms with Crippen LogP contribution in [-0.4, -0.2) is 34.7 Å². The highest BCUT2D eigenvalue weighted by Crippen LogP contribution is 2.19. The number of ether oxygens (including phenoxy) is 1. The Morgan fingerprint density at radius 2 is 2.06 bits per heavy atom. The minimum atomic E-state index is -0.978. The first kappa shape index (κ1) is 12.4. The largest absolute Gasteiger partial charge is 0.480 e. The van der Waals surface area contributed by atoms with E-state index in [4.69, 9.17) is 9.84 Å². The highest BCUT2D eigenvalue weighted by Gasteiger charge is 2.38. The third-order valence-electron chi connectivity index (χ3n) is 3.02. The molecular weight excluding hydrogens is 234 g/mol. The van der Waals surface area contributed by atoms with Crippen molar-refractivity contribution in [2.75, 3.05) is 6.54 Å². The van der Waals surface area contributed by atoms with Gasteiger partial charge in [0.1, 0.15) is 12.6 Å². The molecule has 0 radical (unpaired) electrons. The molecule has 1 N–H and O–H groups in total. The van der Waals surface area contributed by atoms with Gasteiger partial charge >= 0.3 is 12.1 Å². The van der Waals surface area contributed by atoms with Crippen LogP contribution in [0.15, 0.2) is 24.3 Å². The molecule has 5 nitrogen and oxygen atoms in total. The van der Waals surface area contributed by atoms with Gasteiger partial charge in [0.05, 0.1) is 0 Å². The average molecular weight is 249 g/mol. The van der Waals surface area contributed by atoms with E-state index in [0.29, 0.717) is 13.0 Å². The summed E-state index contributed by atoms with van der Waals surface area (Å²) in [4.78, 5) is 23.6. The second kappa shape index (κ2) is 5.08. The zero-order valence-electron chi connectivity index (χ0n) is 10.1. The van der Waals surface area contributed by atoms with Crippen molar-refractivity contribution in [2.45, 2.75) is 26.0 Å².